The molecule has 2 unspecified atom stereocenters. The lowest BCUT2D eigenvalue weighted by molar-refractivity contribution is -0.141. The molecule has 2 amide bonds. The van der Waals surface area contributed by atoms with Crippen LogP contribution >= 0.6 is 11.8 Å². The number of hydrogen-bond acceptors (Lipinski definition) is 4. The van der Waals surface area contributed by atoms with Crippen molar-refractivity contribution in [2.24, 2.45) is 5.92 Å². The van der Waals surface area contributed by atoms with E-state index in [1.807, 2.05) is 20.8 Å². The van der Waals surface area contributed by atoms with Crippen molar-refractivity contribution in [3.8, 4) is 0 Å². The van der Waals surface area contributed by atoms with Crippen LogP contribution in [0.15, 0.2) is 0 Å². The van der Waals surface area contributed by atoms with Gasteiger partial charge in [-0.2, -0.15) is 0 Å². The van der Waals surface area contributed by atoms with Gasteiger partial charge in [-0.3, -0.25) is 4.90 Å². The average molecular weight is 316 g/mol. The number of thioether (sulfide) groups is 1. The summed E-state index contributed by atoms with van der Waals surface area (Å²) in [5.74, 6) is -0.267. The highest BCUT2D eigenvalue weighted by molar-refractivity contribution is 8.00. The van der Waals surface area contributed by atoms with Crippen molar-refractivity contribution < 1.29 is 19.4 Å². The van der Waals surface area contributed by atoms with Gasteiger partial charge in [0.2, 0.25) is 0 Å². The number of nitrogens with one attached hydrogen (secondary N) is 1. The fourth-order valence-electron chi connectivity index (χ4n) is 2.76. The zero-order valence-corrected chi connectivity index (χ0v) is 13.6. The standard InChI is InChI=1S/C14H24N2O4S/c1-9(2)11-16(10(8-21-11)12(17)18)13(19)15-14(3)4-6-20-7-5-14/h9-11H,4-8H2,1-3H3,(H,15,19)(H,17,18). The third-order valence-electron chi connectivity index (χ3n) is 4.13. The molecule has 0 saturated carbocycles. The zero-order valence-electron chi connectivity index (χ0n) is 12.8. The molecular formula is C14H24N2O4S. The lowest BCUT2D eigenvalue weighted by atomic mass is 9.93. The van der Waals surface area contributed by atoms with Crippen LogP contribution < -0.4 is 5.32 Å². The van der Waals surface area contributed by atoms with E-state index >= 15 is 0 Å². The molecule has 2 heterocycles. The van der Waals surface area contributed by atoms with E-state index in [0.717, 1.165) is 12.8 Å². The number of nitrogens with zero attached hydrogens (tertiary/aromatic N) is 1. The first-order chi connectivity index (χ1) is 9.84. The van der Waals surface area contributed by atoms with Gasteiger partial charge in [0.25, 0.3) is 0 Å². The predicted molar refractivity (Wildman–Crippen MR) is 81.3 cm³/mol. The normalized spacial score (nSPS) is 28.7. The summed E-state index contributed by atoms with van der Waals surface area (Å²) in [6, 6.07) is -1.01. The van der Waals surface area contributed by atoms with E-state index in [1.54, 1.807) is 11.8 Å². The number of carboxylic acids is 1. The van der Waals surface area contributed by atoms with Crippen LogP contribution in [0, 0.1) is 5.92 Å². The van der Waals surface area contributed by atoms with Gasteiger partial charge in [-0.25, -0.2) is 9.59 Å². The van der Waals surface area contributed by atoms with E-state index in [1.165, 1.54) is 4.90 Å². The summed E-state index contributed by atoms with van der Waals surface area (Å²) in [5, 5.41) is 12.3. The Labute approximate surface area is 129 Å². The number of ether oxygens (including phenoxy) is 1. The molecule has 2 aliphatic rings. The maximum atomic E-state index is 12.6. The van der Waals surface area contributed by atoms with E-state index in [2.05, 4.69) is 5.32 Å². The van der Waals surface area contributed by atoms with Crippen molar-refractivity contribution in [3.63, 3.8) is 0 Å². The highest BCUT2D eigenvalue weighted by atomic mass is 32.2. The second kappa shape index (κ2) is 6.44. The molecule has 2 fully saturated rings. The summed E-state index contributed by atoms with van der Waals surface area (Å²) in [6.07, 6.45) is 1.51. The van der Waals surface area contributed by atoms with Crippen molar-refractivity contribution >= 4 is 23.8 Å². The molecule has 2 N–H and O–H groups in total. The first-order valence-electron chi connectivity index (χ1n) is 7.37. The maximum absolute atomic E-state index is 12.6. The fraction of sp³-hybridized carbons (Fsp3) is 0.857. The Bertz CT molecular complexity index is 410. The van der Waals surface area contributed by atoms with Crippen LogP contribution in [0.1, 0.15) is 33.6 Å². The van der Waals surface area contributed by atoms with Crippen molar-refractivity contribution in [2.75, 3.05) is 19.0 Å². The lowest BCUT2D eigenvalue weighted by Gasteiger charge is -2.38. The Kier molecular flexibility index (Phi) is 5.03. The summed E-state index contributed by atoms with van der Waals surface area (Å²) in [4.78, 5) is 25.6. The topological polar surface area (TPSA) is 78.9 Å². The highest BCUT2D eigenvalue weighted by Crippen LogP contribution is 2.34. The first-order valence-corrected chi connectivity index (χ1v) is 8.41. The molecule has 0 spiro atoms. The van der Waals surface area contributed by atoms with Gasteiger partial charge in [-0.15, -0.1) is 11.8 Å². The van der Waals surface area contributed by atoms with Crippen LogP contribution in [0.25, 0.3) is 0 Å². The van der Waals surface area contributed by atoms with E-state index in [9.17, 15) is 14.7 Å². The zero-order chi connectivity index (χ0) is 15.6. The van der Waals surface area contributed by atoms with Crippen molar-refractivity contribution in [2.45, 2.75) is 50.6 Å². The van der Waals surface area contributed by atoms with Gasteiger partial charge in [0, 0.05) is 24.5 Å². The molecule has 0 aromatic rings. The van der Waals surface area contributed by atoms with E-state index in [-0.39, 0.29) is 22.9 Å². The molecule has 120 valence electrons. The van der Waals surface area contributed by atoms with Crippen molar-refractivity contribution in [1.29, 1.82) is 0 Å². The molecule has 0 aromatic heterocycles. The minimum atomic E-state index is -0.932. The molecule has 7 heteroatoms. The number of amides is 2. The third kappa shape index (κ3) is 3.63. The molecule has 0 bridgehead atoms. The molecule has 0 aromatic carbocycles. The quantitative estimate of drug-likeness (QED) is 0.829. The summed E-state index contributed by atoms with van der Waals surface area (Å²) in [6.45, 7) is 7.27. The number of hydrogen-bond donors (Lipinski definition) is 2. The molecular weight excluding hydrogens is 292 g/mol. The summed E-state index contributed by atoms with van der Waals surface area (Å²) in [5.41, 5.74) is -0.312. The van der Waals surface area contributed by atoms with Crippen LogP contribution in [0.5, 0.6) is 0 Å². The van der Waals surface area contributed by atoms with Gasteiger partial charge in [0.05, 0.1) is 5.37 Å². The molecule has 6 nitrogen and oxygen atoms in total. The van der Waals surface area contributed by atoms with Crippen LogP contribution in [-0.4, -0.2) is 57.9 Å². The van der Waals surface area contributed by atoms with Crippen LogP contribution in [0.4, 0.5) is 4.79 Å². The Morgan fingerprint density at radius 3 is 2.52 bits per heavy atom. The Hall–Kier alpha value is -0.950. The van der Waals surface area contributed by atoms with Crippen LogP contribution in [0.3, 0.4) is 0 Å². The van der Waals surface area contributed by atoms with Crippen LogP contribution in [0.2, 0.25) is 0 Å². The van der Waals surface area contributed by atoms with E-state index in [0.29, 0.717) is 19.0 Å². The number of rotatable bonds is 3. The number of aliphatic carboxylic acids is 1. The maximum Gasteiger partial charge on any atom is 0.327 e. The Morgan fingerprint density at radius 2 is 2.00 bits per heavy atom. The second-order valence-electron chi connectivity index (χ2n) is 6.33. The Balaban J connectivity index is 2.11. The molecule has 2 rings (SSSR count). The summed E-state index contributed by atoms with van der Waals surface area (Å²) < 4.78 is 5.33. The molecule has 0 aliphatic carbocycles. The highest BCUT2D eigenvalue weighted by Gasteiger charge is 2.44. The molecule has 0 radical (unpaired) electrons. The van der Waals surface area contributed by atoms with Gasteiger partial charge >= 0.3 is 12.0 Å². The smallest absolute Gasteiger partial charge is 0.327 e. The minimum absolute atomic E-state index is 0.0884. The third-order valence-corrected chi connectivity index (χ3v) is 5.75. The SMILES string of the molecule is CC(C)C1SCC(C(=O)O)N1C(=O)NC1(C)CCOCC1. The number of carbonyl (C=O) groups excluding carboxylic acids is 1. The van der Waals surface area contributed by atoms with E-state index < -0.39 is 12.0 Å². The lowest BCUT2D eigenvalue weighted by Crippen LogP contribution is -2.58. The fourth-order valence-corrected chi connectivity index (χ4v) is 4.23. The number of carbonyl (C=O) groups is 2. The van der Waals surface area contributed by atoms with Gasteiger partial charge in [0.1, 0.15) is 6.04 Å². The van der Waals surface area contributed by atoms with Crippen molar-refractivity contribution in [3.05, 3.63) is 0 Å². The summed E-state index contributed by atoms with van der Waals surface area (Å²) in [7, 11) is 0. The van der Waals surface area contributed by atoms with Gasteiger partial charge in [0.15, 0.2) is 0 Å². The van der Waals surface area contributed by atoms with Gasteiger partial charge in [-0.05, 0) is 25.7 Å². The first kappa shape index (κ1) is 16.4. The van der Waals surface area contributed by atoms with Gasteiger partial charge < -0.3 is 15.2 Å². The Morgan fingerprint density at radius 1 is 1.38 bits per heavy atom. The molecule has 21 heavy (non-hydrogen) atoms. The number of urea groups is 1. The number of carboxylic acid groups (broad SMARTS) is 1. The van der Waals surface area contributed by atoms with Crippen LogP contribution in [-0.2, 0) is 9.53 Å². The molecule has 2 aliphatic heterocycles. The molecule has 2 atom stereocenters. The van der Waals surface area contributed by atoms with Crippen molar-refractivity contribution in [1.82, 2.24) is 10.2 Å². The molecule has 2 saturated heterocycles. The largest absolute Gasteiger partial charge is 0.480 e. The minimum Gasteiger partial charge on any atom is -0.480 e. The van der Waals surface area contributed by atoms with Gasteiger partial charge in [-0.1, -0.05) is 13.8 Å². The predicted octanol–water partition coefficient (Wildman–Crippen LogP) is 1.75. The second-order valence-corrected chi connectivity index (χ2v) is 7.48. The summed E-state index contributed by atoms with van der Waals surface area (Å²) >= 11 is 1.54. The average Bonchev–Trinajstić information content (AvgIpc) is 2.84. The monoisotopic (exact) mass is 316 g/mol. The van der Waals surface area contributed by atoms with E-state index in [4.69, 9.17) is 4.74 Å².